The Morgan fingerprint density at radius 3 is 2.53 bits per heavy atom. The first kappa shape index (κ1) is 13.6. The van der Waals surface area contributed by atoms with Gasteiger partial charge >= 0.3 is 5.97 Å². The average molecular weight is 243 g/mol. The van der Waals surface area contributed by atoms with E-state index in [4.69, 9.17) is 0 Å². The molecular formula is C12H15F2NO2. The number of alkyl halides is 2. The second kappa shape index (κ2) is 6.96. The van der Waals surface area contributed by atoms with Crippen LogP contribution >= 0.6 is 0 Å². The summed E-state index contributed by atoms with van der Waals surface area (Å²) in [6, 6.07) is 6.10. The van der Waals surface area contributed by atoms with Gasteiger partial charge in [-0.05, 0) is 5.56 Å². The largest absolute Gasteiger partial charge is 0.469 e. The van der Waals surface area contributed by atoms with Crippen molar-refractivity contribution in [3.8, 4) is 0 Å². The summed E-state index contributed by atoms with van der Waals surface area (Å²) in [5.41, 5.74) is 0.919. The Hall–Kier alpha value is -1.49. The normalized spacial score (nSPS) is 10.6. The molecule has 0 saturated heterocycles. The van der Waals surface area contributed by atoms with Crippen LogP contribution in [0.25, 0.3) is 0 Å². The van der Waals surface area contributed by atoms with Gasteiger partial charge in [0.2, 0.25) is 0 Å². The molecule has 0 spiro atoms. The monoisotopic (exact) mass is 243 g/mol. The Balaban J connectivity index is 2.30. The van der Waals surface area contributed by atoms with Crippen molar-refractivity contribution in [2.75, 3.05) is 13.7 Å². The Morgan fingerprint density at radius 1 is 1.35 bits per heavy atom. The molecule has 0 fully saturated rings. The lowest BCUT2D eigenvalue weighted by molar-refractivity contribution is -0.140. The van der Waals surface area contributed by atoms with Gasteiger partial charge < -0.3 is 10.1 Å². The lowest BCUT2D eigenvalue weighted by Gasteiger charge is -2.05. The maximum Gasteiger partial charge on any atom is 0.306 e. The van der Waals surface area contributed by atoms with Gasteiger partial charge in [0.1, 0.15) is 0 Å². The van der Waals surface area contributed by atoms with Crippen molar-refractivity contribution in [1.29, 1.82) is 0 Å². The van der Waals surface area contributed by atoms with E-state index in [1.807, 2.05) is 0 Å². The van der Waals surface area contributed by atoms with Crippen LogP contribution in [0.1, 0.15) is 24.0 Å². The Kier molecular flexibility index (Phi) is 5.56. The first-order chi connectivity index (χ1) is 8.13. The number of rotatable bonds is 6. The molecule has 0 aliphatic rings. The molecule has 1 N–H and O–H groups in total. The zero-order valence-corrected chi connectivity index (χ0v) is 9.58. The maximum absolute atomic E-state index is 12.3. The lowest BCUT2D eigenvalue weighted by atomic mass is 10.1. The highest BCUT2D eigenvalue weighted by Crippen LogP contribution is 2.18. The number of halogens is 2. The zero-order chi connectivity index (χ0) is 12.7. The number of carbonyl (C=O) groups excluding carboxylic acids is 1. The van der Waals surface area contributed by atoms with Crippen molar-refractivity contribution in [2.45, 2.75) is 19.4 Å². The fourth-order valence-electron chi connectivity index (χ4n) is 1.31. The number of hydrogen-bond acceptors (Lipinski definition) is 3. The van der Waals surface area contributed by atoms with E-state index in [0.717, 1.165) is 5.56 Å². The zero-order valence-electron chi connectivity index (χ0n) is 9.58. The van der Waals surface area contributed by atoms with Crippen LogP contribution in [0.15, 0.2) is 24.3 Å². The number of carbonyl (C=O) groups is 1. The Bertz CT molecular complexity index is 352. The van der Waals surface area contributed by atoms with Gasteiger partial charge in [-0.1, -0.05) is 24.3 Å². The number of methoxy groups -OCH3 is 1. The molecule has 0 bridgehead atoms. The van der Waals surface area contributed by atoms with Crippen LogP contribution in [-0.4, -0.2) is 19.6 Å². The van der Waals surface area contributed by atoms with Gasteiger partial charge in [0.25, 0.3) is 6.43 Å². The van der Waals surface area contributed by atoms with Crippen LogP contribution in [0.3, 0.4) is 0 Å². The van der Waals surface area contributed by atoms with Crippen LogP contribution in [0.2, 0.25) is 0 Å². The predicted octanol–water partition coefficient (Wildman–Crippen LogP) is 2.28. The number of nitrogens with one attached hydrogen (secondary N) is 1. The summed E-state index contributed by atoms with van der Waals surface area (Å²) in [7, 11) is 1.34. The highest BCUT2D eigenvalue weighted by atomic mass is 19.3. The van der Waals surface area contributed by atoms with Crippen molar-refractivity contribution in [3.05, 3.63) is 35.4 Å². The molecule has 0 heterocycles. The molecule has 17 heavy (non-hydrogen) atoms. The summed E-state index contributed by atoms with van der Waals surface area (Å²) in [4.78, 5) is 10.8. The first-order valence-electron chi connectivity index (χ1n) is 5.28. The van der Waals surface area contributed by atoms with Crippen molar-refractivity contribution in [2.24, 2.45) is 0 Å². The van der Waals surface area contributed by atoms with E-state index in [1.54, 1.807) is 12.1 Å². The summed E-state index contributed by atoms with van der Waals surface area (Å²) in [6.07, 6.45) is -2.14. The molecule has 5 heteroatoms. The third-order valence-corrected chi connectivity index (χ3v) is 2.29. The Labute approximate surface area is 98.8 Å². The first-order valence-corrected chi connectivity index (χ1v) is 5.28. The van der Waals surface area contributed by atoms with Crippen molar-refractivity contribution in [1.82, 2.24) is 5.32 Å². The number of benzene rings is 1. The van der Waals surface area contributed by atoms with E-state index in [0.29, 0.717) is 19.5 Å². The number of esters is 1. The highest BCUT2D eigenvalue weighted by Gasteiger charge is 2.05. The summed E-state index contributed by atoms with van der Waals surface area (Å²) in [5.74, 6) is -0.273. The molecular weight excluding hydrogens is 228 g/mol. The summed E-state index contributed by atoms with van der Waals surface area (Å²) >= 11 is 0. The second-order valence-corrected chi connectivity index (χ2v) is 3.55. The molecule has 1 aromatic rings. The van der Waals surface area contributed by atoms with Crippen molar-refractivity contribution in [3.63, 3.8) is 0 Å². The van der Waals surface area contributed by atoms with Crippen LogP contribution in [0, 0.1) is 0 Å². The molecule has 0 radical (unpaired) electrons. The van der Waals surface area contributed by atoms with Gasteiger partial charge in [-0.3, -0.25) is 4.79 Å². The van der Waals surface area contributed by atoms with Gasteiger partial charge in [-0.2, -0.15) is 0 Å². The molecule has 0 amide bonds. The third-order valence-electron chi connectivity index (χ3n) is 2.29. The van der Waals surface area contributed by atoms with Gasteiger partial charge in [0.15, 0.2) is 0 Å². The van der Waals surface area contributed by atoms with E-state index in [9.17, 15) is 13.6 Å². The summed E-state index contributed by atoms with van der Waals surface area (Å²) in [5, 5.41) is 3.03. The molecule has 0 unspecified atom stereocenters. The van der Waals surface area contributed by atoms with E-state index >= 15 is 0 Å². The molecule has 0 saturated carbocycles. The molecule has 1 rings (SSSR count). The third kappa shape index (κ3) is 4.91. The fraction of sp³-hybridized carbons (Fsp3) is 0.417. The average Bonchev–Trinajstić information content (AvgIpc) is 2.34. The molecule has 0 atom stereocenters. The van der Waals surface area contributed by atoms with Gasteiger partial charge in [-0.15, -0.1) is 0 Å². The topological polar surface area (TPSA) is 38.3 Å². The number of hydrogen-bond donors (Lipinski definition) is 1. The van der Waals surface area contributed by atoms with Crippen LogP contribution in [0.4, 0.5) is 8.78 Å². The van der Waals surface area contributed by atoms with E-state index in [2.05, 4.69) is 10.1 Å². The molecule has 94 valence electrons. The minimum Gasteiger partial charge on any atom is -0.469 e. The minimum absolute atomic E-state index is 0.0170. The second-order valence-electron chi connectivity index (χ2n) is 3.55. The number of ether oxygens (including phenoxy) is 1. The Morgan fingerprint density at radius 2 is 2.00 bits per heavy atom. The molecule has 1 aromatic carbocycles. The summed E-state index contributed by atoms with van der Waals surface area (Å²) < 4.78 is 29.0. The quantitative estimate of drug-likeness (QED) is 0.615. The molecule has 0 aliphatic heterocycles. The van der Waals surface area contributed by atoms with Gasteiger partial charge in [0, 0.05) is 18.7 Å². The fourth-order valence-corrected chi connectivity index (χ4v) is 1.31. The van der Waals surface area contributed by atoms with Gasteiger partial charge in [0.05, 0.1) is 13.5 Å². The highest BCUT2D eigenvalue weighted by molar-refractivity contribution is 5.69. The van der Waals surface area contributed by atoms with E-state index in [1.165, 1.54) is 19.2 Å². The van der Waals surface area contributed by atoms with E-state index in [-0.39, 0.29) is 11.5 Å². The van der Waals surface area contributed by atoms with Gasteiger partial charge in [-0.25, -0.2) is 8.78 Å². The molecule has 0 aliphatic carbocycles. The predicted molar refractivity (Wildman–Crippen MR) is 59.7 cm³/mol. The van der Waals surface area contributed by atoms with Crippen LogP contribution in [0.5, 0.6) is 0 Å². The van der Waals surface area contributed by atoms with Crippen molar-refractivity contribution >= 4 is 5.97 Å². The SMILES string of the molecule is COC(=O)CCNCc1ccc(C(F)F)cc1. The molecule has 0 aromatic heterocycles. The maximum atomic E-state index is 12.3. The van der Waals surface area contributed by atoms with E-state index < -0.39 is 6.43 Å². The summed E-state index contributed by atoms with van der Waals surface area (Å²) in [6.45, 7) is 1.05. The van der Waals surface area contributed by atoms with Crippen molar-refractivity contribution < 1.29 is 18.3 Å². The smallest absolute Gasteiger partial charge is 0.306 e. The van der Waals surface area contributed by atoms with Crippen LogP contribution < -0.4 is 5.32 Å². The lowest BCUT2D eigenvalue weighted by Crippen LogP contribution is -2.18. The van der Waals surface area contributed by atoms with Crippen LogP contribution in [-0.2, 0) is 16.1 Å². The standard InChI is InChI=1S/C12H15F2NO2/c1-17-11(16)6-7-15-8-9-2-4-10(5-3-9)12(13)14/h2-5,12,15H,6-8H2,1H3. The minimum atomic E-state index is -2.43. The molecule has 3 nitrogen and oxygen atoms in total.